The molecule has 0 aliphatic carbocycles. The Morgan fingerprint density at radius 3 is 2.34 bits per heavy atom. The standard InChI is InChI=1S/C20H13Cl3N2O2S2/c21-12-5-6-18-17(9-12)25-20(28-18)10-14-15(22)7-11(8-16(14)23)13-3-1-2-4-19(13)29(24,26)27/h1-9H,10H2,(H2,24,26,27). The van der Waals surface area contributed by atoms with Crippen LogP contribution in [0.3, 0.4) is 0 Å². The quantitative estimate of drug-likeness (QED) is 0.378. The first-order valence-corrected chi connectivity index (χ1v) is 11.9. The lowest BCUT2D eigenvalue weighted by Gasteiger charge is -2.12. The van der Waals surface area contributed by atoms with Crippen molar-refractivity contribution in [2.24, 2.45) is 5.14 Å². The molecule has 4 nitrogen and oxygen atoms in total. The van der Waals surface area contributed by atoms with Crippen molar-refractivity contribution < 1.29 is 8.42 Å². The van der Waals surface area contributed by atoms with Gasteiger partial charge in [0.15, 0.2) is 0 Å². The van der Waals surface area contributed by atoms with Crippen molar-refractivity contribution in [1.29, 1.82) is 0 Å². The molecule has 0 radical (unpaired) electrons. The molecule has 4 rings (SSSR count). The van der Waals surface area contributed by atoms with Crippen molar-refractivity contribution in [3.8, 4) is 11.1 Å². The summed E-state index contributed by atoms with van der Waals surface area (Å²) < 4.78 is 24.8. The predicted octanol–water partition coefficient (Wildman–Crippen LogP) is 6.16. The van der Waals surface area contributed by atoms with Crippen LogP contribution in [-0.4, -0.2) is 13.4 Å². The molecule has 0 aliphatic heterocycles. The normalized spacial score (nSPS) is 11.9. The maximum absolute atomic E-state index is 11.9. The molecule has 9 heteroatoms. The summed E-state index contributed by atoms with van der Waals surface area (Å²) in [5, 5.41) is 7.67. The largest absolute Gasteiger partial charge is 0.241 e. The van der Waals surface area contributed by atoms with Gasteiger partial charge < -0.3 is 0 Å². The van der Waals surface area contributed by atoms with Crippen LogP contribution in [0, 0.1) is 0 Å². The molecule has 0 amide bonds. The fraction of sp³-hybridized carbons (Fsp3) is 0.0500. The summed E-state index contributed by atoms with van der Waals surface area (Å²) in [5.41, 5.74) is 2.56. The first kappa shape index (κ1) is 20.6. The summed E-state index contributed by atoms with van der Waals surface area (Å²) in [6, 6.07) is 15.4. The summed E-state index contributed by atoms with van der Waals surface area (Å²) in [4.78, 5) is 4.62. The Morgan fingerprint density at radius 2 is 1.66 bits per heavy atom. The number of aromatic nitrogens is 1. The van der Waals surface area contributed by atoms with Crippen LogP contribution >= 0.6 is 46.1 Å². The van der Waals surface area contributed by atoms with E-state index in [4.69, 9.17) is 39.9 Å². The van der Waals surface area contributed by atoms with Crippen LogP contribution in [0.1, 0.15) is 10.6 Å². The lowest BCUT2D eigenvalue weighted by molar-refractivity contribution is 0.598. The van der Waals surface area contributed by atoms with Crippen LogP contribution in [0.5, 0.6) is 0 Å². The number of fused-ring (bicyclic) bond motifs is 1. The minimum Gasteiger partial charge on any atom is -0.241 e. The molecule has 148 valence electrons. The molecule has 0 bridgehead atoms. The van der Waals surface area contributed by atoms with Crippen molar-refractivity contribution in [1.82, 2.24) is 4.98 Å². The van der Waals surface area contributed by atoms with E-state index in [1.807, 2.05) is 18.2 Å². The molecule has 0 saturated carbocycles. The van der Waals surface area contributed by atoms with Crippen LogP contribution in [0.15, 0.2) is 59.5 Å². The highest BCUT2D eigenvalue weighted by molar-refractivity contribution is 7.89. The molecular formula is C20H13Cl3N2O2S2. The lowest BCUT2D eigenvalue weighted by atomic mass is 10.0. The van der Waals surface area contributed by atoms with E-state index >= 15 is 0 Å². The SMILES string of the molecule is NS(=O)(=O)c1ccccc1-c1cc(Cl)c(Cc2nc3cc(Cl)ccc3s2)c(Cl)c1. The number of sulfonamides is 1. The van der Waals surface area contributed by atoms with Gasteiger partial charge in [-0.3, -0.25) is 0 Å². The maximum Gasteiger partial charge on any atom is 0.238 e. The number of thiazole rings is 1. The third kappa shape index (κ3) is 4.28. The van der Waals surface area contributed by atoms with Gasteiger partial charge in [-0.05, 0) is 47.5 Å². The first-order valence-electron chi connectivity index (χ1n) is 8.37. The minimum atomic E-state index is -3.89. The molecule has 0 saturated heterocycles. The van der Waals surface area contributed by atoms with E-state index in [0.29, 0.717) is 32.6 Å². The molecule has 2 N–H and O–H groups in total. The average Bonchev–Trinajstić information content (AvgIpc) is 3.05. The van der Waals surface area contributed by atoms with Crippen LogP contribution in [0.4, 0.5) is 0 Å². The second-order valence-corrected chi connectivity index (χ2v) is 10.3. The monoisotopic (exact) mass is 482 g/mol. The Balaban J connectivity index is 1.75. The van der Waals surface area contributed by atoms with E-state index in [-0.39, 0.29) is 4.90 Å². The Kier molecular flexibility index (Phi) is 5.59. The maximum atomic E-state index is 11.9. The zero-order valence-corrected chi connectivity index (χ0v) is 18.6. The lowest BCUT2D eigenvalue weighted by Crippen LogP contribution is -2.13. The molecule has 0 atom stereocenters. The average molecular weight is 484 g/mol. The number of hydrogen-bond donors (Lipinski definition) is 1. The van der Waals surface area contributed by atoms with Crippen molar-refractivity contribution in [3.63, 3.8) is 0 Å². The van der Waals surface area contributed by atoms with Gasteiger partial charge in [-0.25, -0.2) is 18.5 Å². The highest BCUT2D eigenvalue weighted by atomic mass is 35.5. The minimum absolute atomic E-state index is 0.0166. The van der Waals surface area contributed by atoms with Crippen LogP contribution < -0.4 is 5.14 Å². The van der Waals surface area contributed by atoms with Gasteiger partial charge in [-0.2, -0.15) is 0 Å². The zero-order valence-electron chi connectivity index (χ0n) is 14.7. The Morgan fingerprint density at radius 1 is 0.966 bits per heavy atom. The molecular weight excluding hydrogens is 471 g/mol. The fourth-order valence-electron chi connectivity index (χ4n) is 3.06. The summed E-state index contributed by atoms with van der Waals surface area (Å²) >= 11 is 20.6. The van der Waals surface area contributed by atoms with Gasteiger partial charge in [0.2, 0.25) is 10.0 Å². The molecule has 1 heterocycles. The molecule has 1 aromatic heterocycles. The van der Waals surface area contributed by atoms with Crippen molar-refractivity contribution >= 4 is 66.4 Å². The topological polar surface area (TPSA) is 73.1 Å². The van der Waals surface area contributed by atoms with E-state index in [1.165, 1.54) is 6.07 Å². The van der Waals surface area contributed by atoms with Gasteiger partial charge in [-0.1, -0.05) is 53.0 Å². The van der Waals surface area contributed by atoms with E-state index in [1.54, 1.807) is 41.7 Å². The molecule has 3 aromatic carbocycles. The second kappa shape index (κ2) is 7.87. The third-order valence-electron chi connectivity index (χ3n) is 4.37. The fourth-order valence-corrected chi connectivity index (χ4v) is 5.56. The number of primary sulfonamides is 1. The van der Waals surface area contributed by atoms with Crippen molar-refractivity contribution in [2.45, 2.75) is 11.3 Å². The molecule has 4 aromatic rings. The first-order chi connectivity index (χ1) is 13.7. The molecule has 0 unspecified atom stereocenters. The van der Waals surface area contributed by atoms with Gasteiger partial charge in [0.05, 0.1) is 20.1 Å². The van der Waals surface area contributed by atoms with Crippen LogP contribution in [0.25, 0.3) is 21.3 Å². The van der Waals surface area contributed by atoms with E-state index < -0.39 is 10.0 Å². The number of halogens is 3. The summed E-state index contributed by atoms with van der Waals surface area (Å²) in [6.45, 7) is 0. The number of benzene rings is 3. The van der Waals surface area contributed by atoms with Crippen LogP contribution in [-0.2, 0) is 16.4 Å². The van der Waals surface area contributed by atoms with Crippen molar-refractivity contribution in [3.05, 3.63) is 80.2 Å². The molecule has 0 spiro atoms. The van der Waals surface area contributed by atoms with E-state index in [9.17, 15) is 8.42 Å². The number of hydrogen-bond acceptors (Lipinski definition) is 4. The van der Waals surface area contributed by atoms with E-state index in [0.717, 1.165) is 20.8 Å². The van der Waals surface area contributed by atoms with Gasteiger partial charge in [0.25, 0.3) is 0 Å². The Hall–Kier alpha value is -1.67. The highest BCUT2D eigenvalue weighted by Crippen LogP contribution is 2.36. The number of rotatable bonds is 4. The van der Waals surface area contributed by atoms with Gasteiger partial charge >= 0.3 is 0 Å². The predicted molar refractivity (Wildman–Crippen MR) is 121 cm³/mol. The van der Waals surface area contributed by atoms with Gasteiger partial charge in [0.1, 0.15) is 0 Å². The second-order valence-electron chi connectivity index (χ2n) is 6.36. The van der Waals surface area contributed by atoms with E-state index in [2.05, 4.69) is 4.98 Å². The molecule has 0 fully saturated rings. The number of nitrogens with two attached hydrogens (primary N) is 1. The summed E-state index contributed by atoms with van der Waals surface area (Å²) in [5.74, 6) is 0. The van der Waals surface area contributed by atoms with Crippen LogP contribution in [0.2, 0.25) is 15.1 Å². The smallest absolute Gasteiger partial charge is 0.238 e. The summed E-state index contributed by atoms with van der Waals surface area (Å²) in [7, 11) is -3.89. The zero-order chi connectivity index (χ0) is 20.8. The highest BCUT2D eigenvalue weighted by Gasteiger charge is 2.18. The Labute approximate surface area is 186 Å². The summed E-state index contributed by atoms with van der Waals surface area (Å²) in [6.07, 6.45) is 0.450. The molecule has 0 aliphatic rings. The molecule has 29 heavy (non-hydrogen) atoms. The van der Waals surface area contributed by atoms with Gasteiger partial charge in [0, 0.05) is 27.1 Å². The van der Waals surface area contributed by atoms with Crippen molar-refractivity contribution in [2.75, 3.05) is 0 Å². The van der Waals surface area contributed by atoms with Gasteiger partial charge in [-0.15, -0.1) is 11.3 Å². The Bertz CT molecular complexity index is 1330. The number of nitrogens with zero attached hydrogens (tertiary/aromatic N) is 1. The third-order valence-corrected chi connectivity index (χ3v) is 7.28.